The molecular weight excluding hydrogens is 152 g/mol. The molecule has 0 fully saturated rings. The third-order valence-corrected chi connectivity index (χ3v) is 2.09. The number of carbonyl (C=O) groups excluding carboxylic acids is 1. The van der Waals surface area contributed by atoms with Crippen LogP contribution in [0.4, 0.5) is 0 Å². The summed E-state index contributed by atoms with van der Waals surface area (Å²) in [6.07, 6.45) is 0.892. The highest BCUT2D eigenvalue weighted by molar-refractivity contribution is 5.78. The molecule has 12 heavy (non-hydrogen) atoms. The van der Waals surface area contributed by atoms with Gasteiger partial charge in [-0.2, -0.15) is 0 Å². The van der Waals surface area contributed by atoms with Crippen molar-refractivity contribution in [2.75, 3.05) is 13.1 Å². The SMILES string of the molecule is CCC(C)C(=O)NCC(C)CN. The molecule has 2 unspecified atom stereocenters. The first-order valence-corrected chi connectivity index (χ1v) is 4.59. The summed E-state index contributed by atoms with van der Waals surface area (Å²) < 4.78 is 0. The van der Waals surface area contributed by atoms with Gasteiger partial charge in [0.05, 0.1) is 0 Å². The second-order valence-electron chi connectivity index (χ2n) is 3.40. The van der Waals surface area contributed by atoms with Crippen LogP contribution in [0.2, 0.25) is 0 Å². The zero-order chi connectivity index (χ0) is 9.56. The molecule has 0 bridgehead atoms. The van der Waals surface area contributed by atoms with Gasteiger partial charge in [-0.3, -0.25) is 4.79 Å². The highest BCUT2D eigenvalue weighted by atomic mass is 16.1. The van der Waals surface area contributed by atoms with E-state index in [1.54, 1.807) is 0 Å². The molecule has 0 aliphatic heterocycles. The third-order valence-electron chi connectivity index (χ3n) is 2.09. The second-order valence-corrected chi connectivity index (χ2v) is 3.40. The van der Waals surface area contributed by atoms with E-state index in [4.69, 9.17) is 5.73 Å². The van der Waals surface area contributed by atoms with Crippen molar-refractivity contribution in [3.05, 3.63) is 0 Å². The van der Waals surface area contributed by atoms with Crippen LogP contribution in [0, 0.1) is 11.8 Å². The minimum absolute atomic E-state index is 0.120. The van der Waals surface area contributed by atoms with Crippen LogP contribution in [-0.4, -0.2) is 19.0 Å². The number of nitrogens with one attached hydrogen (secondary N) is 1. The van der Waals surface area contributed by atoms with Gasteiger partial charge in [0.1, 0.15) is 0 Å². The third kappa shape index (κ3) is 4.34. The van der Waals surface area contributed by atoms with Crippen LogP contribution >= 0.6 is 0 Å². The molecule has 0 saturated carbocycles. The zero-order valence-electron chi connectivity index (χ0n) is 8.26. The van der Waals surface area contributed by atoms with E-state index in [0.717, 1.165) is 6.42 Å². The first kappa shape index (κ1) is 11.4. The minimum atomic E-state index is 0.120. The Labute approximate surface area is 74.7 Å². The Bertz CT molecular complexity index is 136. The molecule has 0 spiro atoms. The van der Waals surface area contributed by atoms with Gasteiger partial charge >= 0.3 is 0 Å². The van der Waals surface area contributed by atoms with Gasteiger partial charge in [0.2, 0.25) is 5.91 Å². The van der Waals surface area contributed by atoms with Crippen molar-refractivity contribution in [2.45, 2.75) is 27.2 Å². The van der Waals surface area contributed by atoms with Crippen LogP contribution < -0.4 is 11.1 Å². The van der Waals surface area contributed by atoms with Crippen molar-refractivity contribution in [3.63, 3.8) is 0 Å². The monoisotopic (exact) mass is 172 g/mol. The van der Waals surface area contributed by atoms with Gasteiger partial charge in [-0.05, 0) is 18.9 Å². The molecule has 2 atom stereocenters. The second kappa shape index (κ2) is 6.00. The quantitative estimate of drug-likeness (QED) is 0.642. The highest BCUT2D eigenvalue weighted by Crippen LogP contribution is 1.99. The maximum Gasteiger partial charge on any atom is 0.222 e. The number of hydrogen-bond donors (Lipinski definition) is 2. The molecule has 0 aromatic carbocycles. The molecular formula is C9H20N2O. The standard InChI is InChI=1S/C9H20N2O/c1-4-8(3)9(12)11-6-7(2)5-10/h7-8H,4-6,10H2,1-3H3,(H,11,12). The Kier molecular flexibility index (Phi) is 5.72. The van der Waals surface area contributed by atoms with Crippen LogP contribution in [0.1, 0.15) is 27.2 Å². The number of rotatable bonds is 5. The average molecular weight is 172 g/mol. The minimum Gasteiger partial charge on any atom is -0.356 e. The summed E-state index contributed by atoms with van der Waals surface area (Å²) in [7, 11) is 0. The lowest BCUT2D eigenvalue weighted by Gasteiger charge is -2.12. The normalized spacial score (nSPS) is 15.3. The topological polar surface area (TPSA) is 55.1 Å². The average Bonchev–Trinajstić information content (AvgIpc) is 2.11. The van der Waals surface area contributed by atoms with E-state index in [0.29, 0.717) is 19.0 Å². The molecule has 0 saturated heterocycles. The number of hydrogen-bond acceptors (Lipinski definition) is 2. The zero-order valence-corrected chi connectivity index (χ0v) is 8.26. The Hall–Kier alpha value is -0.570. The van der Waals surface area contributed by atoms with Crippen molar-refractivity contribution >= 4 is 5.91 Å². The molecule has 0 radical (unpaired) electrons. The summed E-state index contributed by atoms with van der Waals surface area (Å²) in [5, 5.41) is 2.87. The summed E-state index contributed by atoms with van der Waals surface area (Å²) in [6.45, 7) is 7.29. The van der Waals surface area contributed by atoms with Gasteiger partial charge < -0.3 is 11.1 Å². The molecule has 3 heteroatoms. The van der Waals surface area contributed by atoms with Gasteiger partial charge in [0.15, 0.2) is 0 Å². The van der Waals surface area contributed by atoms with Crippen molar-refractivity contribution in [1.29, 1.82) is 0 Å². The molecule has 0 aliphatic carbocycles. The lowest BCUT2D eigenvalue weighted by atomic mass is 10.1. The number of nitrogens with two attached hydrogens (primary N) is 1. The predicted molar refractivity (Wildman–Crippen MR) is 50.7 cm³/mol. The van der Waals surface area contributed by atoms with E-state index in [2.05, 4.69) is 5.32 Å². The highest BCUT2D eigenvalue weighted by Gasteiger charge is 2.10. The van der Waals surface area contributed by atoms with Gasteiger partial charge in [-0.15, -0.1) is 0 Å². The van der Waals surface area contributed by atoms with Crippen LogP contribution in [0.15, 0.2) is 0 Å². The molecule has 0 rings (SSSR count). The van der Waals surface area contributed by atoms with E-state index in [1.807, 2.05) is 20.8 Å². The smallest absolute Gasteiger partial charge is 0.222 e. The molecule has 3 nitrogen and oxygen atoms in total. The Morgan fingerprint density at radius 1 is 1.50 bits per heavy atom. The predicted octanol–water partition coefficient (Wildman–Crippen LogP) is 0.743. The van der Waals surface area contributed by atoms with Crippen LogP contribution in [0.3, 0.4) is 0 Å². The van der Waals surface area contributed by atoms with Gasteiger partial charge in [-0.25, -0.2) is 0 Å². The van der Waals surface area contributed by atoms with Crippen LogP contribution in [0.25, 0.3) is 0 Å². The number of carbonyl (C=O) groups is 1. The van der Waals surface area contributed by atoms with E-state index < -0.39 is 0 Å². The molecule has 0 aromatic rings. The molecule has 0 heterocycles. The van der Waals surface area contributed by atoms with Gasteiger partial charge in [0, 0.05) is 12.5 Å². The van der Waals surface area contributed by atoms with Gasteiger partial charge in [-0.1, -0.05) is 20.8 Å². The molecule has 0 aliphatic rings. The Balaban J connectivity index is 3.56. The molecule has 0 aromatic heterocycles. The number of amides is 1. The molecule has 1 amide bonds. The van der Waals surface area contributed by atoms with Crippen molar-refractivity contribution in [2.24, 2.45) is 17.6 Å². The lowest BCUT2D eigenvalue weighted by Crippen LogP contribution is -2.34. The van der Waals surface area contributed by atoms with E-state index >= 15 is 0 Å². The summed E-state index contributed by atoms with van der Waals surface area (Å²) in [5.74, 6) is 0.630. The first-order chi connectivity index (χ1) is 5.61. The lowest BCUT2D eigenvalue weighted by molar-refractivity contribution is -0.124. The van der Waals surface area contributed by atoms with Gasteiger partial charge in [0.25, 0.3) is 0 Å². The molecule has 72 valence electrons. The Morgan fingerprint density at radius 3 is 2.50 bits per heavy atom. The first-order valence-electron chi connectivity index (χ1n) is 4.59. The fourth-order valence-electron chi connectivity index (χ4n) is 0.718. The fraction of sp³-hybridized carbons (Fsp3) is 0.889. The maximum atomic E-state index is 11.2. The molecule has 3 N–H and O–H groups in total. The Morgan fingerprint density at radius 2 is 2.08 bits per heavy atom. The van der Waals surface area contributed by atoms with E-state index in [-0.39, 0.29) is 11.8 Å². The van der Waals surface area contributed by atoms with Crippen LogP contribution in [-0.2, 0) is 4.79 Å². The van der Waals surface area contributed by atoms with Crippen molar-refractivity contribution in [3.8, 4) is 0 Å². The summed E-state index contributed by atoms with van der Waals surface area (Å²) >= 11 is 0. The van der Waals surface area contributed by atoms with Crippen LogP contribution in [0.5, 0.6) is 0 Å². The largest absolute Gasteiger partial charge is 0.356 e. The van der Waals surface area contributed by atoms with Crippen molar-refractivity contribution < 1.29 is 4.79 Å². The van der Waals surface area contributed by atoms with E-state index in [9.17, 15) is 4.79 Å². The summed E-state index contributed by atoms with van der Waals surface area (Å²) in [6, 6.07) is 0. The summed E-state index contributed by atoms with van der Waals surface area (Å²) in [4.78, 5) is 11.2. The van der Waals surface area contributed by atoms with Crippen molar-refractivity contribution in [1.82, 2.24) is 5.32 Å². The van der Waals surface area contributed by atoms with E-state index in [1.165, 1.54) is 0 Å². The fourth-order valence-corrected chi connectivity index (χ4v) is 0.718. The maximum absolute atomic E-state index is 11.2. The summed E-state index contributed by atoms with van der Waals surface area (Å²) in [5.41, 5.74) is 5.42.